The monoisotopic (exact) mass is 424 g/mol. The van der Waals surface area contributed by atoms with E-state index in [1.165, 1.54) is 6.42 Å². The van der Waals surface area contributed by atoms with Gasteiger partial charge in [0, 0.05) is 24.2 Å². The first-order chi connectivity index (χ1) is 14.5. The smallest absolute Gasteiger partial charge is 0.261 e. The van der Waals surface area contributed by atoms with E-state index < -0.39 is 10.0 Å². The van der Waals surface area contributed by atoms with Gasteiger partial charge in [0.15, 0.2) is 5.82 Å². The van der Waals surface area contributed by atoms with Gasteiger partial charge in [-0.1, -0.05) is 32.4 Å². The standard InChI is InChI=1S/C23H28N4O2S/c1-3-17(2)18-10-14-21(15-11-18)30(28,29)26-20-12-8-19(9-13-20)23-25-24-22-7-5-4-6-16-27(22)23/h8-15,17,26H,3-7,16H2,1-2H3/t17-/m0/s1. The highest BCUT2D eigenvalue weighted by atomic mass is 32.2. The van der Waals surface area contributed by atoms with Crippen LogP contribution < -0.4 is 4.72 Å². The van der Waals surface area contributed by atoms with Crippen LogP contribution in [0.1, 0.15) is 56.8 Å². The Hall–Kier alpha value is -2.67. The summed E-state index contributed by atoms with van der Waals surface area (Å²) in [6.07, 6.45) is 5.47. The van der Waals surface area contributed by atoms with Gasteiger partial charge in [0.2, 0.25) is 0 Å². The van der Waals surface area contributed by atoms with Gasteiger partial charge in [0.05, 0.1) is 4.90 Å². The summed E-state index contributed by atoms with van der Waals surface area (Å²) in [5.74, 6) is 2.30. The third kappa shape index (κ3) is 4.26. The Balaban J connectivity index is 1.51. The molecule has 3 aromatic rings. The third-order valence-electron chi connectivity index (χ3n) is 5.88. The number of rotatable bonds is 6. The number of hydrogen-bond donors (Lipinski definition) is 1. The summed E-state index contributed by atoms with van der Waals surface area (Å²) in [4.78, 5) is 0.265. The second kappa shape index (κ2) is 8.60. The maximum absolute atomic E-state index is 12.8. The van der Waals surface area contributed by atoms with E-state index in [9.17, 15) is 8.42 Å². The zero-order valence-electron chi connectivity index (χ0n) is 17.5. The number of aryl methyl sites for hydroxylation is 1. The summed E-state index contributed by atoms with van der Waals surface area (Å²) in [7, 11) is -3.63. The Morgan fingerprint density at radius 1 is 1.00 bits per heavy atom. The van der Waals surface area contributed by atoms with Crippen LogP contribution in [0.25, 0.3) is 11.4 Å². The van der Waals surface area contributed by atoms with Gasteiger partial charge >= 0.3 is 0 Å². The molecule has 0 bridgehead atoms. The summed E-state index contributed by atoms with van der Waals surface area (Å²) >= 11 is 0. The van der Waals surface area contributed by atoms with E-state index in [2.05, 4.69) is 33.3 Å². The topological polar surface area (TPSA) is 76.9 Å². The normalized spacial score (nSPS) is 15.3. The van der Waals surface area contributed by atoms with Gasteiger partial charge in [-0.15, -0.1) is 10.2 Å². The third-order valence-corrected chi connectivity index (χ3v) is 7.27. The van der Waals surface area contributed by atoms with E-state index in [1.54, 1.807) is 24.3 Å². The molecule has 0 unspecified atom stereocenters. The predicted octanol–water partition coefficient (Wildman–Crippen LogP) is 4.99. The van der Waals surface area contributed by atoms with Gasteiger partial charge in [0.1, 0.15) is 5.82 Å². The molecule has 2 aromatic carbocycles. The number of hydrogen-bond acceptors (Lipinski definition) is 4. The van der Waals surface area contributed by atoms with Crippen molar-refractivity contribution in [3.05, 3.63) is 59.9 Å². The Morgan fingerprint density at radius 2 is 1.73 bits per heavy atom. The Morgan fingerprint density at radius 3 is 2.43 bits per heavy atom. The van der Waals surface area contributed by atoms with Crippen molar-refractivity contribution < 1.29 is 8.42 Å². The number of aromatic nitrogens is 3. The highest BCUT2D eigenvalue weighted by molar-refractivity contribution is 7.92. The lowest BCUT2D eigenvalue weighted by molar-refractivity contribution is 0.601. The van der Waals surface area contributed by atoms with Crippen molar-refractivity contribution in [3.8, 4) is 11.4 Å². The molecule has 1 N–H and O–H groups in total. The molecule has 158 valence electrons. The molecule has 4 rings (SSSR count). The maximum atomic E-state index is 12.8. The second-order valence-corrected chi connectivity index (χ2v) is 9.65. The van der Waals surface area contributed by atoms with Gasteiger partial charge in [-0.2, -0.15) is 0 Å². The van der Waals surface area contributed by atoms with Crippen molar-refractivity contribution >= 4 is 15.7 Å². The number of fused-ring (bicyclic) bond motifs is 1. The number of sulfonamides is 1. The molecule has 1 aliphatic rings. The molecular formula is C23H28N4O2S. The average molecular weight is 425 g/mol. The minimum Gasteiger partial charge on any atom is -0.311 e. The molecule has 2 heterocycles. The number of benzene rings is 2. The molecule has 0 radical (unpaired) electrons. The Labute approximate surface area is 178 Å². The van der Waals surface area contributed by atoms with Gasteiger partial charge in [-0.05, 0) is 67.1 Å². The molecule has 1 aliphatic heterocycles. The molecule has 0 spiro atoms. The summed E-state index contributed by atoms with van der Waals surface area (Å²) in [6, 6.07) is 14.5. The maximum Gasteiger partial charge on any atom is 0.261 e. The Kier molecular flexibility index (Phi) is 5.90. The molecule has 0 amide bonds. The molecule has 0 aliphatic carbocycles. The molecule has 0 fully saturated rings. The van der Waals surface area contributed by atoms with Crippen molar-refractivity contribution in [1.29, 1.82) is 0 Å². The summed E-state index contributed by atoms with van der Waals surface area (Å²) < 4.78 is 30.4. The van der Waals surface area contributed by atoms with Crippen LogP contribution in [-0.4, -0.2) is 23.2 Å². The highest BCUT2D eigenvalue weighted by Gasteiger charge is 2.17. The van der Waals surface area contributed by atoms with Crippen LogP contribution in [0.5, 0.6) is 0 Å². The van der Waals surface area contributed by atoms with E-state index in [4.69, 9.17) is 0 Å². The molecule has 30 heavy (non-hydrogen) atoms. The molecule has 6 nitrogen and oxygen atoms in total. The predicted molar refractivity (Wildman–Crippen MR) is 119 cm³/mol. The van der Waals surface area contributed by atoms with Gasteiger partial charge in [-0.25, -0.2) is 8.42 Å². The van der Waals surface area contributed by atoms with Gasteiger partial charge < -0.3 is 4.57 Å². The largest absolute Gasteiger partial charge is 0.311 e. The summed E-state index contributed by atoms with van der Waals surface area (Å²) in [5.41, 5.74) is 2.62. The first-order valence-corrected chi connectivity index (χ1v) is 12.1. The first-order valence-electron chi connectivity index (χ1n) is 10.6. The van der Waals surface area contributed by atoms with Crippen LogP contribution in [0.2, 0.25) is 0 Å². The van der Waals surface area contributed by atoms with Crippen LogP contribution in [0.4, 0.5) is 5.69 Å². The molecule has 0 saturated carbocycles. The van der Waals surface area contributed by atoms with Gasteiger partial charge in [0.25, 0.3) is 10.0 Å². The van der Waals surface area contributed by atoms with E-state index in [0.717, 1.165) is 55.0 Å². The lowest BCUT2D eigenvalue weighted by atomic mass is 9.99. The lowest BCUT2D eigenvalue weighted by Crippen LogP contribution is -2.13. The van der Waals surface area contributed by atoms with Gasteiger partial charge in [-0.3, -0.25) is 4.72 Å². The summed E-state index contributed by atoms with van der Waals surface area (Å²) in [6.45, 7) is 5.19. The van der Waals surface area contributed by atoms with E-state index in [1.807, 2.05) is 24.3 Å². The van der Waals surface area contributed by atoms with E-state index >= 15 is 0 Å². The van der Waals surface area contributed by atoms with Crippen molar-refractivity contribution in [2.24, 2.45) is 0 Å². The SMILES string of the molecule is CC[C@H](C)c1ccc(S(=O)(=O)Nc2ccc(-c3nnc4n3CCCCC4)cc2)cc1. The molecule has 0 saturated heterocycles. The van der Waals surface area contributed by atoms with Crippen LogP contribution in [0.15, 0.2) is 53.4 Å². The number of anilines is 1. The minimum atomic E-state index is -3.63. The fourth-order valence-corrected chi connectivity index (χ4v) is 4.87. The first kappa shape index (κ1) is 20.6. The van der Waals surface area contributed by atoms with E-state index in [0.29, 0.717) is 11.6 Å². The van der Waals surface area contributed by atoms with Crippen LogP contribution in [0, 0.1) is 0 Å². The number of nitrogens with zero attached hydrogens (tertiary/aromatic N) is 3. The second-order valence-electron chi connectivity index (χ2n) is 7.96. The Bertz CT molecular complexity index is 1100. The fourth-order valence-electron chi connectivity index (χ4n) is 3.81. The lowest BCUT2D eigenvalue weighted by Gasteiger charge is -2.12. The summed E-state index contributed by atoms with van der Waals surface area (Å²) in [5, 5.41) is 8.71. The minimum absolute atomic E-state index is 0.265. The molecular weight excluding hydrogens is 396 g/mol. The highest BCUT2D eigenvalue weighted by Crippen LogP contribution is 2.26. The van der Waals surface area contributed by atoms with Crippen LogP contribution in [0.3, 0.4) is 0 Å². The van der Waals surface area contributed by atoms with Crippen LogP contribution >= 0.6 is 0 Å². The molecule has 7 heteroatoms. The van der Waals surface area contributed by atoms with Crippen molar-refractivity contribution in [2.45, 2.75) is 63.3 Å². The van der Waals surface area contributed by atoms with Crippen LogP contribution in [-0.2, 0) is 23.0 Å². The zero-order chi connectivity index (χ0) is 21.1. The fraction of sp³-hybridized carbons (Fsp3) is 0.391. The molecule has 1 aromatic heterocycles. The average Bonchev–Trinajstić information content (AvgIpc) is 3.01. The van der Waals surface area contributed by atoms with Crippen molar-refractivity contribution in [2.75, 3.05) is 4.72 Å². The molecule has 1 atom stereocenters. The van der Waals surface area contributed by atoms with Crippen molar-refractivity contribution in [1.82, 2.24) is 14.8 Å². The quantitative estimate of drug-likeness (QED) is 0.605. The zero-order valence-corrected chi connectivity index (χ0v) is 18.3. The van der Waals surface area contributed by atoms with E-state index in [-0.39, 0.29) is 4.90 Å². The van der Waals surface area contributed by atoms with Crippen molar-refractivity contribution in [3.63, 3.8) is 0 Å². The number of nitrogens with one attached hydrogen (secondary N) is 1.